The number of hydrogen-bond acceptors (Lipinski definition) is 3. The minimum atomic E-state index is 0.528. The lowest BCUT2D eigenvalue weighted by Crippen LogP contribution is -2.28. The molecule has 3 unspecified atom stereocenters. The van der Waals surface area contributed by atoms with Gasteiger partial charge in [-0.05, 0) is 31.7 Å². The Bertz CT molecular complexity index is 284. The highest BCUT2D eigenvalue weighted by atomic mass is 32.1. The van der Waals surface area contributed by atoms with E-state index in [0.29, 0.717) is 6.04 Å². The molecule has 3 atom stereocenters. The van der Waals surface area contributed by atoms with Crippen LogP contribution in [0.2, 0.25) is 0 Å². The molecule has 1 aromatic rings. The molecule has 0 bridgehead atoms. The van der Waals surface area contributed by atoms with Crippen LogP contribution in [0.4, 0.5) is 0 Å². The third-order valence-corrected chi connectivity index (χ3v) is 4.38. The molecular formula is C12H20N2S. The van der Waals surface area contributed by atoms with E-state index in [9.17, 15) is 0 Å². The average molecular weight is 224 g/mol. The van der Waals surface area contributed by atoms with Crippen LogP contribution < -0.4 is 5.32 Å². The number of nitrogens with zero attached hydrogens (tertiary/aromatic N) is 1. The van der Waals surface area contributed by atoms with Gasteiger partial charge < -0.3 is 5.32 Å². The summed E-state index contributed by atoms with van der Waals surface area (Å²) in [6, 6.07) is 0.528. The molecule has 84 valence electrons. The monoisotopic (exact) mass is 224 g/mol. The third-order valence-electron chi connectivity index (χ3n) is 3.52. The molecule has 0 spiro atoms. The van der Waals surface area contributed by atoms with Crippen LogP contribution in [0.5, 0.6) is 0 Å². The zero-order chi connectivity index (χ0) is 10.7. The Morgan fingerprint density at radius 3 is 3.00 bits per heavy atom. The Kier molecular flexibility index (Phi) is 3.76. The van der Waals surface area contributed by atoms with E-state index >= 15 is 0 Å². The molecule has 1 aliphatic carbocycles. The van der Waals surface area contributed by atoms with Crippen molar-refractivity contribution in [3.63, 3.8) is 0 Å². The number of hydrogen-bond donors (Lipinski definition) is 1. The lowest BCUT2D eigenvalue weighted by atomic mass is 9.78. The van der Waals surface area contributed by atoms with Gasteiger partial charge in [-0.3, -0.25) is 4.98 Å². The van der Waals surface area contributed by atoms with E-state index in [4.69, 9.17) is 0 Å². The molecule has 1 aliphatic rings. The molecule has 0 amide bonds. The van der Waals surface area contributed by atoms with Gasteiger partial charge >= 0.3 is 0 Å². The van der Waals surface area contributed by atoms with Crippen molar-refractivity contribution in [2.45, 2.75) is 38.6 Å². The predicted molar refractivity (Wildman–Crippen MR) is 65.0 cm³/mol. The van der Waals surface area contributed by atoms with Crippen molar-refractivity contribution >= 4 is 11.3 Å². The maximum Gasteiger partial charge on any atom is 0.0794 e. The minimum absolute atomic E-state index is 0.528. The molecule has 2 rings (SSSR count). The van der Waals surface area contributed by atoms with Crippen LogP contribution in [-0.2, 0) is 0 Å². The average Bonchev–Trinajstić information content (AvgIpc) is 2.72. The van der Waals surface area contributed by atoms with Crippen molar-refractivity contribution in [2.24, 2.45) is 11.8 Å². The second-order valence-corrected chi connectivity index (χ2v) is 5.62. The summed E-state index contributed by atoms with van der Waals surface area (Å²) in [5, 5.41) is 3.47. The van der Waals surface area contributed by atoms with Crippen molar-refractivity contribution in [3.8, 4) is 0 Å². The SMILES string of the molecule is CNC(c1cncs1)C1CCCC(C)C1. The van der Waals surface area contributed by atoms with Gasteiger partial charge in [0.25, 0.3) is 0 Å². The standard InChI is InChI=1S/C12H20N2S/c1-9-4-3-5-10(6-9)12(13-2)11-7-14-8-15-11/h7-10,12-13H,3-6H2,1-2H3. The zero-order valence-corrected chi connectivity index (χ0v) is 10.4. The van der Waals surface area contributed by atoms with Gasteiger partial charge in [0.15, 0.2) is 0 Å². The summed E-state index contributed by atoms with van der Waals surface area (Å²) in [7, 11) is 2.07. The fourth-order valence-electron chi connectivity index (χ4n) is 2.77. The van der Waals surface area contributed by atoms with E-state index in [0.717, 1.165) is 11.8 Å². The van der Waals surface area contributed by atoms with Crippen LogP contribution in [0.1, 0.15) is 43.5 Å². The molecule has 0 saturated heterocycles. The predicted octanol–water partition coefficient (Wildman–Crippen LogP) is 3.23. The molecule has 15 heavy (non-hydrogen) atoms. The summed E-state index contributed by atoms with van der Waals surface area (Å²) < 4.78 is 0. The Balaban J connectivity index is 2.06. The van der Waals surface area contributed by atoms with E-state index in [1.165, 1.54) is 30.6 Å². The first kappa shape index (κ1) is 11.1. The van der Waals surface area contributed by atoms with Crippen molar-refractivity contribution in [3.05, 3.63) is 16.6 Å². The second-order valence-electron chi connectivity index (χ2n) is 4.70. The normalized spacial score (nSPS) is 28.9. The van der Waals surface area contributed by atoms with Crippen LogP contribution in [0.3, 0.4) is 0 Å². The van der Waals surface area contributed by atoms with E-state index in [2.05, 4.69) is 24.3 Å². The molecule has 2 nitrogen and oxygen atoms in total. The fourth-order valence-corrected chi connectivity index (χ4v) is 3.60. The summed E-state index contributed by atoms with van der Waals surface area (Å²) in [6.45, 7) is 2.38. The Hall–Kier alpha value is -0.410. The highest BCUT2D eigenvalue weighted by molar-refractivity contribution is 7.09. The first-order valence-corrected chi connectivity index (χ1v) is 6.75. The highest BCUT2D eigenvalue weighted by Gasteiger charge is 2.27. The molecule has 0 radical (unpaired) electrons. The van der Waals surface area contributed by atoms with Crippen molar-refractivity contribution in [2.75, 3.05) is 7.05 Å². The number of aromatic nitrogens is 1. The van der Waals surface area contributed by atoms with Gasteiger partial charge in [0.2, 0.25) is 0 Å². The van der Waals surface area contributed by atoms with Gasteiger partial charge in [-0.2, -0.15) is 0 Å². The molecule has 1 N–H and O–H groups in total. The van der Waals surface area contributed by atoms with E-state index in [1.807, 2.05) is 11.7 Å². The summed E-state index contributed by atoms with van der Waals surface area (Å²) in [5.41, 5.74) is 1.94. The molecule has 3 heteroatoms. The lowest BCUT2D eigenvalue weighted by molar-refractivity contribution is 0.232. The highest BCUT2D eigenvalue weighted by Crippen LogP contribution is 2.37. The lowest BCUT2D eigenvalue weighted by Gasteiger charge is -2.32. The van der Waals surface area contributed by atoms with E-state index < -0.39 is 0 Å². The first-order chi connectivity index (χ1) is 7.31. The molecule has 0 aromatic carbocycles. The minimum Gasteiger partial charge on any atom is -0.312 e. The van der Waals surface area contributed by atoms with Gasteiger partial charge in [0.1, 0.15) is 0 Å². The third kappa shape index (κ3) is 2.58. The van der Waals surface area contributed by atoms with Crippen LogP contribution in [0.25, 0.3) is 0 Å². The topological polar surface area (TPSA) is 24.9 Å². The van der Waals surface area contributed by atoms with Crippen molar-refractivity contribution in [1.29, 1.82) is 0 Å². The molecule has 1 fully saturated rings. The molecular weight excluding hydrogens is 204 g/mol. The van der Waals surface area contributed by atoms with Gasteiger partial charge in [0, 0.05) is 17.1 Å². The van der Waals surface area contributed by atoms with Gasteiger partial charge in [0.05, 0.1) is 5.51 Å². The largest absolute Gasteiger partial charge is 0.312 e. The van der Waals surface area contributed by atoms with Crippen molar-refractivity contribution < 1.29 is 0 Å². The van der Waals surface area contributed by atoms with Crippen LogP contribution in [-0.4, -0.2) is 12.0 Å². The summed E-state index contributed by atoms with van der Waals surface area (Å²) in [4.78, 5) is 5.58. The number of rotatable bonds is 3. The van der Waals surface area contributed by atoms with Crippen LogP contribution >= 0.6 is 11.3 Å². The van der Waals surface area contributed by atoms with Gasteiger partial charge in [-0.25, -0.2) is 0 Å². The number of nitrogens with one attached hydrogen (secondary N) is 1. The van der Waals surface area contributed by atoms with E-state index in [-0.39, 0.29) is 0 Å². The Morgan fingerprint density at radius 1 is 1.53 bits per heavy atom. The molecule has 1 aromatic heterocycles. The maximum absolute atomic E-state index is 4.18. The molecule has 1 heterocycles. The second kappa shape index (κ2) is 5.08. The van der Waals surface area contributed by atoms with Crippen molar-refractivity contribution in [1.82, 2.24) is 10.3 Å². The van der Waals surface area contributed by atoms with Gasteiger partial charge in [-0.1, -0.05) is 19.8 Å². The Labute approximate surface area is 96.1 Å². The Morgan fingerprint density at radius 2 is 2.40 bits per heavy atom. The zero-order valence-electron chi connectivity index (χ0n) is 9.57. The van der Waals surface area contributed by atoms with Crippen LogP contribution in [0.15, 0.2) is 11.7 Å². The number of thiazole rings is 1. The van der Waals surface area contributed by atoms with Crippen LogP contribution in [0, 0.1) is 11.8 Å². The first-order valence-electron chi connectivity index (χ1n) is 5.87. The summed E-state index contributed by atoms with van der Waals surface area (Å²) in [5.74, 6) is 1.70. The molecule has 0 aliphatic heterocycles. The molecule has 1 saturated carbocycles. The summed E-state index contributed by atoms with van der Waals surface area (Å²) in [6.07, 6.45) is 7.56. The fraction of sp³-hybridized carbons (Fsp3) is 0.750. The summed E-state index contributed by atoms with van der Waals surface area (Å²) >= 11 is 1.78. The maximum atomic E-state index is 4.18. The quantitative estimate of drug-likeness (QED) is 0.852. The van der Waals surface area contributed by atoms with Gasteiger partial charge in [-0.15, -0.1) is 11.3 Å². The van der Waals surface area contributed by atoms with E-state index in [1.54, 1.807) is 11.3 Å². The smallest absolute Gasteiger partial charge is 0.0794 e.